The average molecular weight is 663 g/mol. The fourth-order valence-electron chi connectivity index (χ4n) is 5.06. The Labute approximate surface area is 272 Å². The number of morpholine rings is 1. The van der Waals surface area contributed by atoms with Crippen molar-refractivity contribution in [3.8, 4) is 22.2 Å². The summed E-state index contributed by atoms with van der Waals surface area (Å²) in [6, 6.07) is 9.31. The number of aryl methyl sites for hydroxylation is 1. The number of nitrogens with one attached hydrogen (secondary N) is 1. The summed E-state index contributed by atoms with van der Waals surface area (Å²) >= 11 is 1.37. The van der Waals surface area contributed by atoms with Crippen LogP contribution in [-0.4, -0.2) is 94.2 Å². The molecule has 2 N–H and O–H groups in total. The van der Waals surface area contributed by atoms with Crippen LogP contribution in [0.25, 0.3) is 31.8 Å². The van der Waals surface area contributed by atoms with E-state index in [9.17, 15) is 14.7 Å². The fraction of sp³-hybridized carbons (Fsp3) is 0.312. The third kappa shape index (κ3) is 7.06. The van der Waals surface area contributed by atoms with E-state index < -0.39 is 24.1 Å². The molecule has 1 aliphatic heterocycles. The molecule has 0 aliphatic carbocycles. The van der Waals surface area contributed by atoms with E-state index in [1.54, 1.807) is 19.2 Å². The first kappa shape index (κ1) is 32.0. The first-order chi connectivity index (χ1) is 22.7. The van der Waals surface area contributed by atoms with Gasteiger partial charge in [-0.2, -0.15) is 0 Å². The van der Waals surface area contributed by atoms with Crippen LogP contribution >= 0.6 is 11.3 Å². The number of anilines is 1. The van der Waals surface area contributed by atoms with Gasteiger partial charge in [-0.15, -0.1) is 11.3 Å². The summed E-state index contributed by atoms with van der Waals surface area (Å²) in [6.07, 6.45) is 1.42. The Morgan fingerprint density at radius 3 is 2.79 bits per heavy atom. The summed E-state index contributed by atoms with van der Waals surface area (Å²) in [6.45, 7) is 4.18. The van der Waals surface area contributed by atoms with Gasteiger partial charge in [-0.1, -0.05) is 0 Å². The van der Waals surface area contributed by atoms with E-state index in [0.717, 1.165) is 11.1 Å². The summed E-state index contributed by atoms with van der Waals surface area (Å²) in [4.78, 5) is 44.5. The number of ether oxygens (including phenoxy) is 4. The van der Waals surface area contributed by atoms with Crippen molar-refractivity contribution in [2.24, 2.45) is 0 Å². The topological polar surface area (TPSA) is 158 Å². The smallest absolute Gasteiger partial charge is 0.411 e. The van der Waals surface area contributed by atoms with E-state index in [2.05, 4.69) is 25.3 Å². The number of nitrogens with zero attached hydrogens (tertiary/aromatic N) is 5. The molecule has 0 radical (unpaired) electrons. The summed E-state index contributed by atoms with van der Waals surface area (Å²) in [5.74, 6) is -0.547. The minimum absolute atomic E-state index is 0.00371. The summed E-state index contributed by atoms with van der Waals surface area (Å²) in [5.41, 5.74) is 4.00. The van der Waals surface area contributed by atoms with E-state index in [1.165, 1.54) is 47.7 Å². The van der Waals surface area contributed by atoms with Crippen LogP contribution in [0.2, 0.25) is 0 Å². The van der Waals surface area contributed by atoms with Crippen LogP contribution in [-0.2, 0) is 9.47 Å². The molecule has 244 valence electrons. The molecule has 2 unspecified atom stereocenters. The van der Waals surface area contributed by atoms with Gasteiger partial charge >= 0.3 is 6.09 Å². The van der Waals surface area contributed by atoms with Gasteiger partial charge in [0.2, 0.25) is 5.88 Å². The highest BCUT2D eigenvalue weighted by Crippen LogP contribution is 2.37. The predicted molar refractivity (Wildman–Crippen MR) is 171 cm³/mol. The highest BCUT2D eigenvalue weighted by molar-refractivity contribution is 7.21. The summed E-state index contributed by atoms with van der Waals surface area (Å²) in [7, 11) is 1.53. The van der Waals surface area contributed by atoms with Gasteiger partial charge in [-0.05, 0) is 43.7 Å². The lowest BCUT2D eigenvalue weighted by atomic mass is 10.1. The number of carbonyl (C=O) groups is 2. The first-order valence-electron chi connectivity index (χ1n) is 14.7. The van der Waals surface area contributed by atoms with E-state index in [1.807, 2.05) is 19.1 Å². The average Bonchev–Trinajstić information content (AvgIpc) is 3.49. The first-order valence-corrected chi connectivity index (χ1v) is 15.5. The van der Waals surface area contributed by atoms with Crippen molar-refractivity contribution < 1.29 is 38.0 Å². The molecule has 13 nitrogen and oxygen atoms in total. The Bertz CT molecular complexity index is 1940. The molecule has 1 fully saturated rings. The zero-order valence-corrected chi connectivity index (χ0v) is 26.5. The molecule has 1 aliphatic rings. The number of aliphatic hydroxyl groups excluding tert-OH is 1. The third-order valence-electron chi connectivity index (χ3n) is 7.36. The van der Waals surface area contributed by atoms with Crippen LogP contribution in [0.5, 0.6) is 11.6 Å². The maximum absolute atomic E-state index is 15.1. The second-order valence-corrected chi connectivity index (χ2v) is 11.9. The molecular weight excluding hydrogens is 631 g/mol. The Morgan fingerprint density at radius 1 is 1.17 bits per heavy atom. The van der Waals surface area contributed by atoms with Gasteiger partial charge in [0.25, 0.3) is 5.91 Å². The van der Waals surface area contributed by atoms with Crippen molar-refractivity contribution in [2.75, 3.05) is 45.4 Å². The molecule has 47 heavy (non-hydrogen) atoms. The zero-order chi connectivity index (χ0) is 33.1. The number of methoxy groups -OCH3 is 1. The number of fused-ring (bicyclic) bond motifs is 2. The number of rotatable bonds is 9. The van der Waals surface area contributed by atoms with Gasteiger partial charge in [-0.25, -0.2) is 29.1 Å². The number of hydrogen-bond acceptors (Lipinski definition) is 12. The number of aromatic nitrogens is 4. The standard InChI is InChI=1S/C32H31FN6O7S/c1-17-8-21(29-25(9-17)37-28(43-3)13-35-29)30-38-24-10-22(33)26(11-27(24)47-30)46-18(2)15-45-32(42)36-19-4-5-23(34-12-19)31(41)39-6-7-44-16-20(39)14-40/h4-5,8-13,18,20,40H,6-7,14-16H2,1-3H3,(H,36,42). The number of thiazole rings is 1. The summed E-state index contributed by atoms with van der Waals surface area (Å²) < 4.78 is 37.3. The van der Waals surface area contributed by atoms with E-state index in [-0.39, 0.29) is 37.2 Å². The normalized spacial score (nSPS) is 15.4. The van der Waals surface area contributed by atoms with Crippen LogP contribution in [0.1, 0.15) is 23.0 Å². The minimum atomic E-state index is -0.774. The molecule has 1 saturated heterocycles. The van der Waals surface area contributed by atoms with Crippen molar-refractivity contribution in [3.05, 3.63) is 65.9 Å². The molecule has 2 aromatic carbocycles. The Hall–Kier alpha value is -4.99. The predicted octanol–water partition coefficient (Wildman–Crippen LogP) is 4.61. The van der Waals surface area contributed by atoms with Crippen LogP contribution in [0.3, 0.4) is 0 Å². The molecule has 15 heteroatoms. The number of carbonyl (C=O) groups excluding carboxylic acids is 2. The van der Waals surface area contributed by atoms with Crippen LogP contribution in [0.4, 0.5) is 14.9 Å². The Balaban J connectivity index is 1.07. The highest BCUT2D eigenvalue weighted by atomic mass is 32.1. The van der Waals surface area contributed by atoms with Gasteiger partial charge in [0.05, 0.1) is 72.3 Å². The van der Waals surface area contributed by atoms with Crippen LogP contribution < -0.4 is 14.8 Å². The zero-order valence-electron chi connectivity index (χ0n) is 25.7. The maximum atomic E-state index is 15.1. The lowest BCUT2D eigenvalue weighted by molar-refractivity contribution is -0.0186. The molecule has 0 spiro atoms. The lowest BCUT2D eigenvalue weighted by Crippen LogP contribution is -2.50. The SMILES string of the molecule is COc1cnc2c(-c3nc4cc(F)c(OC(C)COC(=O)Nc5ccc(C(=O)N6CCOCC6CO)nc5)cc4s3)cc(C)cc2n1. The van der Waals surface area contributed by atoms with Crippen molar-refractivity contribution in [1.82, 2.24) is 24.8 Å². The highest BCUT2D eigenvalue weighted by Gasteiger charge is 2.28. The number of halogens is 1. The molecule has 2 amide bonds. The number of pyridine rings is 1. The quantitative estimate of drug-likeness (QED) is 0.227. The van der Waals surface area contributed by atoms with Crippen molar-refractivity contribution in [2.45, 2.75) is 26.0 Å². The number of benzene rings is 2. The van der Waals surface area contributed by atoms with Gasteiger partial charge in [0, 0.05) is 24.2 Å². The van der Waals surface area contributed by atoms with Gasteiger partial charge in [0.15, 0.2) is 11.6 Å². The molecule has 0 bridgehead atoms. The largest absolute Gasteiger partial charge is 0.484 e. The van der Waals surface area contributed by atoms with Crippen LogP contribution in [0, 0.1) is 12.7 Å². The molecule has 4 heterocycles. The fourth-order valence-corrected chi connectivity index (χ4v) is 6.05. The lowest BCUT2D eigenvalue weighted by Gasteiger charge is -2.34. The van der Waals surface area contributed by atoms with Crippen LogP contribution in [0.15, 0.2) is 48.8 Å². The third-order valence-corrected chi connectivity index (χ3v) is 8.41. The van der Waals surface area contributed by atoms with Crippen molar-refractivity contribution >= 4 is 50.3 Å². The second-order valence-electron chi connectivity index (χ2n) is 10.9. The maximum Gasteiger partial charge on any atom is 0.411 e. The number of amides is 2. The monoisotopic (exact) mass is 662 g/mol. The van der Waals surface area contributed by atoms with Gasteiger partial charge < -0.3 is 29.0 Å². The molecule has 2 atom stereocenters. The number of aliphatic hydroxyl groups is 1. The van der Waals surface area contributed by atoms with E-state index >= 15 is 4.39 Å². The minimum Gasteiger partial charge on any atom is -0.484 e. The molecule has 6 rings (SSSR count). The van der Waals surface area contributed by atoms with E-state index in [0.29, 0.717) is 51.0 Å². The molecule has 5 aromatic rings. The molecule has 3 aromatic heterocycles. The second kappa shape index (κ2) is 13.8. The Kier molecular flexibility index (Phi) is 9.38. The van der Waals surface area contributed by atoms with Crippen molar-refractivity contribution in [3.63, 3.8) is 0 Å². The number of hydrogen-bond donors (Lipinski definition) is 2. The van der Waals surface area contributed by atoms with Crippen molar-refractivity contribution in [1.29, 1.82) is 0 Å². The van der Waals surface area contributed by atoms with E-state index in [4.69, 9.17) is 18.9 Å². The van der Waals surface area contributed by atoms with Gasteiger partial charge in [0.1, 0.15) is 23.4 Å². The Morgan fingerprint density at radius 2 is 2.02 bits per heavy atom. The molecule has 0 saturated carbocycles. The van der Waals surface area contributed by atoms with Gasteiger partial charge in [-0.3, -0.25) is 10.1 Å². The summed E-state index contributed by atoms with van der Waals surface area (Å²) in [5, 5.41) is 12.7. The molecular formula is C32H31FN6O7S.